The zero-order valence-corrected chi connectivity index (χ0v) is 8.29. The second kappa shape index (κ2) is 3.27. The molecule has 0 saturated carbocycles. The minimum atomic E-state index is -3.25. The van der Waals surface area contributed by atoms with Gasteiger partial charge in [-0.25, -0.2) is 13.2 Å². The SMILES string of the molecule is CC(C)C(F)(F)[C@@](C)(F)C(C)C. The summed E-state index contributed by atoms with van der Waals surface area (Å²) in [6, 6.07) is 0. The molecule has 1 atom stereocenters. The lowest BCUT2D eigenvalue weighted by Crippen LogP contribution is -2.49. The van der Waals surface area contributed by atoms with Crippen molar-refractivity contribution < 1.29 is 13.2 Å². The Labute approximate surface area is 72.2 Å². The van der Waals surface area contributed by atoms with Crippen molar-refractivity contribution in [3.63, 3.8) is 0 Å². The molecule has 0 rings (SSSR count). The van der Waals surface area contributed by atoms with Gasteiger partial charge in [0.1, 0.15) is 0 Å². The Morgan fingerprint density at radius 2 is 1.17 bits per heavy atom. The van der Waals surface area contributed by atoms with Gasteiger partial charge < -0.3 is 0 Å². The molecule has 0 aliphatic carbocycles. The molecule has 0 saturated heterocycles. The zero-order chi connectivity index (χ0) is 10.2. The fourth-order valence-corrected chi connectivity index (χ4v) is 0.949. The summed E-state index contributed by atoms with van der Waals surface area (Å²) in [6.07, 6.45) is 0. The first kappa shape index (κ1) is 11.8. The summed E-state index contributed by atoms with van der Waals surface area (Å²) in [7, 11) is 0. The molecule has 74 valence electrons. The van der Waals surface area contributed by atoms with E-state index in [1.807, 2.05) is 0 Å². The van der Waals surface area contributed by atoms with Crippen LogP contribution in [0.2, 0.25) is 0 Å². The number of rotatable bonds is 3. The van der Waals surface area contributed by atoms with Crippen molar-refractivity contribution >= 4 is 0 Å². The Kier molecular flexibility index (Phi) is 3.21. The molecule has 0 radical (unpaired) electrons. The summed E-state index contributed by atoms with van der Waals surface area (Å²) in [5.41, 5.74) is -2.42. The lowest BCUT2D eigenvalue weighted by Gasteiger charge is -2.36. The van der Waals surface area contributed by atoms with E-state index in [1.165, 1.54) is 27.7 Å². The van der Waals surface area contributed by atoms with E-state index in [2.05, 4.69) is 0 Å². The van der Waals surface area contributed by atoms with E-state index >= 15 is 0 Å². The van der Waals surface area contributed by atoms with E-state index in [4.69, 9.17) is 0 Å². The van der Waals surface area contributed by atoms with Gasteiger partial charge in [-0.1, -0.05) is 27.7 Å². The van der Waals surface area contributed by atoms with Crippen LogP contribution in [0.25, 0.3) is 0 Å². The maximum atomic E-state index is 13.5. The molecule has 0 spiro atoms. The normalized spacial score (nSPS) is 18.5. The third-order valence-electron chi connectivity index (χ3n) is 2.46. The zero-order valence-electron chi connectivity index (χ0n) is 8.29. The Bertz CT molecular complexity index is 130. The molecule has 0 aromatic rings. The monoisotopic (exact) mass is 182 g/mol. The highest BCUT2D eigenvalue weighted by molar-refractivity contribution is 4.94. The van der Waals surface area contributed by atoms with Crippen LogP contribution in [0.1, 0.15) is 34.6 Å². The first-order valence-corrected chi connectivity index (χ1v) is 4.20. The molecule has 0 amide bonds. The van der Waals surface area contributed by atoms with Crippen molar-refractivity contribution in [2.24, 2.45) is 11.8 Å². The fourth-order valence-electron chi connectivity index (χ4n) is 0.949. The standard InChI is InChI=1S/C9H17F3/c1-6(2)8(5,10)9(11,12)7(3)4/h6-7H,1-5H3/t8-/m0/s1. The minimum absolute atomic E-state index is 0.671. The molecule has 0 unspecified atom stereocenters. The maximum absolute atomic E-state index is 13.5. The number of halogens is 3. The lowest BCUT2D eigenvalue weighted by molar-refractivity contribution is -0.177. The van der Waals surface area contributed by atoms with Crippen LogP contribution >= 0.6 is 0 Å². The molecule has 0 bridgehead atoms. The van der Waals surface area contributed by atoms with Crippen LogP contribution in [0, 0.1) is 11.8 Å². The van der Waals surface area contributed by atoms with Gasteiger partial charge in [-0.3, -0.25) is 0 Å². The van der Waals surface area contributed by atoms with Gasteiger partial charge >= 0.3 is 0 Å². The van der Waals surface area contributed by atoms with Crippen LogP contribution in [-0.2, 0) is 0 Å². The number of hydrogen-bond donors (Lipinski definition) is 0. The molecule has 0 heterocycles. The summed E-state index contributed by atoms with van der Waals surface area (Å²) in [5.74, 6) is -4.88. The van der Waals surface area contributed by atoms with Crippen LogP contribution in [0.3, 0.4) is 0 Å². The van der Waals surface area contributed by atoms with Gasteiger partial charge in [0.2, 0.25) is 0 Å². The molecule has 0 nitrogen and oxygen atoms in total. The van der Waals surface area contributed by atoms with Crippen LogP contribution in [0.5, 0.6) is 0 Å². The van der Waals surface area contributed by atoms with Crippen LogP contribution in [0.4, 0.5) is 13.2 Å². The second-order valence-electron chi connectivity index (χ2n) is 4.01. The summed E-state index contributed by atoms with van der Waals surface area (Å²) in [5, 5.41) is 0. The highest BCUT2D eigenvalue weighted by Gasteiger charge is 2.54. The molecule has 0 aromatic heterocycles. The molecule has 0 N–H and O–H groups in total. The summed E-state index contributed by atoms with van der Waals surface area (Å²) in [4.78, 5) is 0. The molecule has 0 aromatic carbocycles. The van der Waals surface area contributed by atoms with Gasteiger partial charge in [0, 0.05) is 5.92 Å². The Morgan fingerprint density at radius 1 is 0.833 bits per heavy atom. The predicted octanol–water partition coefficient (Wildman–Crippen LogP) is 3.66. The minimum Gasteiger partial charge on any atom is -0.237 e. The molecule has 0 fully saturated rings. The Balaban J connectivity index is 4.75. The Morgan fingerprint density at radius 3 is 1.25 bits per heavy atom. The summed E-state index contributed by atoms with van der Waals surface area (Å²) in [6.45, 7) is 6.57. The van der Waals surface area contributed by atoms with Gasteiger partial charge in [0.05, 0.1) is 0 Å². The fraction of sp³-hybridized carbons (Fsp3) is 1.00. The van der Waals surface area contributed by atoms with E-state index in [0.29, 0.717) is 0 Å². The lowest BCUT2D eigenvalue weighted by atomic mass is 9.82. The van der Waals surface area contributed by atoms with Crippen molar-refractivity contribution in [3.8, 4) is 0 Å². The topological polar surface area (TPSA) is 0 Å². The third kappa shape index (κ3) is 1.75. The average molecular weight is 182 g/mol. The van der Waals surface area contributed by atoms with Crippen LogP contribution in [0.15, 0.2) is 0 Å². The van der Waals surface area contributed by atoms with Crippen LogP contribution in [-0.4, -0.2) is 11.6 Å². The first-order valence-electron chi connectivity index (χ1n) is 4.20. The Hall–Kier alpha value is -0.210. The van der Waals surface area contributed by atoms with E-state index < -0.39 is 23.4 Å². The first-order chi connectivity index (χ1) is 5.14. The molecular weight excluding hydrogens is 165 g/mol. The second-order valence-corrected chi connectivity index (χ2v) is 4.01. The molecular formula is C9H17F3. The highest BCUT2D eigenvalue weighted by atomic mass is 19.3. The summed E-state index contributed by atoms with van der Waals surface area (Å²) < 4.78 is 39.9. The quantitative estimate of drug-likeness (QED) is 0.624. The predicted molar refractivity (Wildman–Crippen MR) is 44.1 cm³/mol. The van der Waals surface area contributed by atoms with E-state index in [-0.39, 0.29) is 0 Å². The van der Waals surface area contributed by atoms with E-state index in [9.17, 15) is 13.2 Å². The smallest absolute Gasteiger partial charge is 0.237 e. The largest absolute Gasteiger partial charge is 0.283 e. The molecule has 3 heteroatoms. The molecule has 0 aliphatic heterocycles. The van der Waals surface area contributed by atoms with E-state index in [1.54, 1.807) is 0 Å². The highest BCUT2D eigenvalue weighted by Crippen LogP contribution is 2.42. The van der Waals surface area contributed by atoms with Gasteiger partial charge in [-0.2, -0.15) is 0 Å². The van der Waals surface area contributed by atoms with Gasteiger partial charge in [0.15, 0.2) is 5.67 Å². The molecule has 0 aliphatic rings. The van der Waals surface area contributed by atoms with Crippen molar-refractivity contribution in [1.82, 2.24) is 0 Å². The van der Waals surface area contributed by atoms with Crippen molar-refractivity contribution in [2.75, 3.05) is 0 Å². The maximum Gasteiger partial charge on any atom is 0.283 e. The van der Waals surface area contributed by atoms with E-state index in [0.717, 1.165) is 6.92 Å². The third-order valence-corrected chi connectivity index (χ3v) is 2.46. The van der Waals surface area contributed by atoms with Gasteiger partial charge in [-0.05, 0) is 12.8 Å². The van der Waals surface area contributed by atoms with Crippen molar-refractivity contribution in [3.05, 3.63) is 0 Å². The van der Waals surface area contributed by atoms with Crippen molar-refractivity contribution in [2.45, 2.75) is 46.2 Å². The van der Waals surface area contributed by atoms with Crippen molar-refractivity contribution in [1.29, 1.82) is 0 Å². The van der Waals surface area contributed by atoms with Crippen LogP contribution < -0.4 is 0 Å². The number of alkyl halides is 3. The van der Waals surface area contributed by atoms with Gasteiger partial charge in [0.25, 0.3) is 5.92 Å². The van der Waals surface area contributed by atoms with Gasteiger partial charge in [-0.15, -0.1) is 0 Å². The molecule has 12 heavy (non-hydrogen) atoms. The number of hydrogen-bond acceptors (Lipinski definition) is 0. The average Bonchev–Trinajstić information content (AvgIpc) is 1.86. The summed E-state index contributed by atoms with van der Waals surface area (Å²) >= 11 is 0.